The third kappa shape index (κ3) is 6.30. The molecule has 3 heterocycles. The number of methoxy groups -OCH3 is 1. The molecule has 0 bridgehead atoms. The number of hydrogen-bond donors (Lipinski definition) is 1. The first-order chi connectivity index (χ1) is 21.5. The molecule has 0 saturated carbocycles. The fraction of sp³-hybridized carbons (Fsp3) is 0.241. The van der Waals surface area contributed by atoms with Gasteiger partial charge >= 0.3 is 5.97 Å². The number of benzene rings is 2. The van der Waals surface area contributed by atoms with E-state index in [2.05, 4.69) is 19.8 Å². The number of nitrogens with two attached hydrogens (primary N) is 1. The Morgan fingerprint density at radius 2 is 1.76 bits per heavy atom. The number of halogens is 5. The number of allylic oxidation sites excluding steroid dienone is 1. The number of aromatic nitrogens is 4. The number of hydrogen-bond acceptors (Lipinski definition) is 9. The maximum Gasteiger partial charge on any atom is 0.313 e. The summed E-state index contributed by atoms with van der Waals surface area (Å²) < 4.78 is 81.7. The molecule has 16 heteroatoms. The van der Waals surface area contributed by atoms with Crippen LogP contribution in [0.3, 0.4) is 0 Å². The van der Waals surface area contributed by atoms with E-state index in [0.29, 0.717) is 19.4 Å². The van der Waals surface area contributed by atoms with Gasteiger partial charge in [0.1, 0.15) is 35.8 Å². The molecule has 1 aliphatic heterocycles. The number of rotatable bonds is 8. The van der Waals surface area contributed by atoms with E-state index < -0.39 is 70.7 Å². The van der Waals surface area contributed by atoms with Crippen molar-refractivity contribution >= 4 is 34.5 Å². The Kier molecular flexibility index (Phi) is 8.74. The van der Waals surface area contributed by atoms with Crippen molar-refractivity contribution in [3.63, 3.8) is 0 Å². The van der Waals surface area contributed by atoms with Crippen LogP contribution in [0, 0.1) is 29.1 Å². The second-order valence-electron chi connectivity index (χ2n) is 9.92. The molecule has 2 aromatic heterocycles. The van der Waals surface area contributed by atoms with Crippen molar-refractivity contribution < 1.29 is 45.8 Å². The summed E-state index contributed by atoms with van der Waals surface area (Å²) in [4.78, 5) is 45.7. The fourth-order valence-electron chi connectivity index (χ4n) is 4.85. The van der Waals surface area contributed by atoms with E-state index >= 15 is 4.39 Å². The van der Waals surface area contributed by atoms with Gasteiger partial charge in [0.25, 0.3) is 0 Å². The second-order valence-corrected chi connectivity index (χ2v) is 9.92. The lowest BCUT2D eigenvalue weighted by Gasteiger charge is -2.32. The summed E-state index contributed by atoms with van der Waals surface area (Å²) in [6, 6.07) is 2.59. The highest BCUT2D eigenvalue weighted by Crippen LogP contribution is 2.37. The molecule has 0 aliphatic carbocycles. The highest BCUT2D eigenvalue weighted by molar-refractivity contribution is 6.05. The van der Waals surface area contributed by atoms with Gasteiger partial charge in [0.05, 0.1) is 18.5 Å². The number of anilines is 1. The lowest BCUT2D eigenvalue weighted by molar-refractivity contribution is -0.142. The van der Waals surface area contributed by atoms with Crippen LogP contribution in [0.15, 0.2) is 42.7 Å². The van der Waals surface area contributed by atoms with Crippen molar-refractivity contribution in [2.75, 3.05) is 25.9 Å². The van der Waals surface area contributed by atoms with E-state index in [1.54, 1.807) is 0 Å². The highest BCUT2D eigenvalue weighted by atomic mass is 19.2. The van der Waals surface area contributed by atoms with E-state index in [1.807, 2.05) is 0 Å². The highest BCUT2D eigenvalue weighted by Gasteiger charge is 2.29. The number of nitrogens with zero attached hydrogens (tertiary/aromatic N) is 5. The Morgan fingerprint density at radius 3 is 2.44 bits per heavy atom. The third-order valence-corrected chi connectivity index (χ3v) is 7.02. The van der Waals surface area contributed by atoms with Crippen LogP contribution in [-0.4, -0.2) is 62.5 Å². The van der Waals surface area contributed by atoms with Crippen LogP contribution in [0.1, 0.15) is 25.3 Å². The first kappa shape index (κ1) is 31.0. The number of nitrogen functional groups attached to an aromatic ring is 1. The zero-order chi connectivity index (χ0) is 32.4. The van der Waals surface area contributed by atoms with Crippen LogP contribution in [0.2, 0.25) is 0 Å². The quantitative estimate of drug-likeness (QED) is 0.0985. The number of amides is 1. The number of piperidine rings is 1. The van der Waals surface area contributed by atoms with Crippen molar-refractivity contribution in [2.45, 2.75) is 25.3 Å². The molecule has 1 unspecified atom stereocenters. The molecule has 1 atom stereocenters. The van der Waals surface area contributed by atoms with Gasteiger partial charge in [-0.15, -0.1) is 0 Å². The smallest absolute Gasteiger partial charge is 0.313 e. The molecule has 11 nitrogen and oxygen atoms in total. The maximum atomic E-state index is 15.5. The minimum Gasteiger partial charge on any atom is -0.469 e. The Balaban J connectivity index is 1.43. The Hall–Kier alpha value is -5.41. The van der Waals surface area contributed by atoms with Gasteiger partial charge < -0.3 is 20.1 Å². The summed E-state index contributed by atoms with van der Waals surface area (Å²) >= 11 is 0. The number of carbonyl (C=O) groups excluding carboxylic acids is 3. The van der Waals surface area contributed by atoms with Crippen LogP contribution < -0.4 is 10.5 Å². The van der Waals surface area contributed by atoms with Crippen LogP contribution in [0.4, 0.5) is 27.8 Å². The average Bonchev–Trinajstić information content (AvgIpc) is 3.41. The van der Waals surface area contributed by atoms with E-state index in [1.165, 1.54) is 22.0 Å². The van der Waals surface area contributed by atoms with E-state index in [0.717, 1.165) is 31.4 Å². The van der Waals surface area contributed by atoms with Gasteiger partial charge in [-0.1, -0.05) is 0 Å². The molecule has 45 heavy (non-hydrogen) atoms. The molecule has 234 valence electrons. The van der Waals surface area contributed by atoms with E-state index in [-0.39, 0.29) is 40.7 Å². The first-order valence-corrected chi connectivity index (χ1v) is 13.3. The molecular formula is C29H23F5N6O5. The minimum absolute atomic E-state index is 0.0121. The lowest BCUT2D eigenvalue weighted by atomic mass is 10.1. The van der Waals surface area contributed by atoms with Gasteiger partial charge in [-0.3, -0.25) is 14.4 Å². The number of ketones is 1. The zero-order valence-corrected chi connectivity index (χ0v) is 23.4. The lowest BCUT2D eigenvalue weighted by Crippen LogP contribution is -2.40. The topological polar surface area (TPSA) is 143 Å². The van der Waals surface area contributed by atoms with Crippen molar-refractivity contribution in [1.82, 2.24) is 24.6 Å². The van der Waals surface area contributed by atoms with Gasteiger partial charge in [0.2, 0.25) is 23.3 Å². The summed E-state index contributed by atoms with van der Waals surface area (Å²) in [5, 5.41) is 4.74. The van der Waals surface area contributed by atoms with Gasteiger partial charge in [-0.2, -0.15) is 13.9 Å². The third-order valence-electron chi connectivity index (χ3n) is 7.02. The summed E-state index contributed by atoms with van der Waals surface area (Å²) in [7, 11) is 1.14. The molecule has 2 aromatic carbocycles. The summed E-state index contributed by atoms with van der Waals surface area (Å²) in [6.45, 7) is 0.519. The van der Waals surface area contributed by atoms with E-state index in [4.69, 9.17) is 10.5 Å². The number of fused-ring (bicyclic) bond motifs is 1. The molecule has 1 saturated heterocycles. The minimum atomic E-state index is -1.80. The maximum absolute atomic E-state index is 15.5. The van der Waals surface area contributed by atoms with Crippen molar-refractivity contribution in [3.05, 3.63) is 71.8 Å². The van der Waals surface area contributed by atoms with E-state index in [9.17, 15) is 31.9 Å². The van der Waals surface area contributed by atoms with Crippen LogP contribution in [0.5, 0.6) is 11.5 Å². The van der Waals surface area contributed by atoms with Crippen molar-refractivity contribution in [2.24, 2.45) is 0 Å². The molecule has 2 N–H and O–H groups in total. The zero-order valence-electron chi connectivity index (χ0n) is 23.4. The number of likely N-dealkylation sites (tertiary alicyclic amines) is 1. The second kappa shape index (κ2) is 12.7. The van der Waals surface area contributed by atoms with Gasteiger partial charge in [-0.25, -0.2) is 27.8 Å². The molecule has 0 radical (unpaired) electrons. The van der Waals surface area contributed by atoms with Crippen molar-refractivity contribution in [1.29, 1.82) is 0 Å². The number of ether oxygens (including phenoxy) is 2. The predicted octanol–water partition coefficient (Wildman–Crippen LogP) is 4.42. The molecule has 1 amide bonds. The summed E-state index contributed by atoms with van der Waals surface area (Å²) in [6.07, 6.45) is 3.84. The standard InChI is InChI=1S/C29H23F5N6O5/c1-44-22(43)9-15(41)4-7-21(42)39-8-2-3-14(12-39)40-29-23(28(35)36-13-37-29)26(38-40)17-6-5-16(10-18(17)30)45-27-24(33)19(31)11-20(32)25(27)34/h4-7,10-11,13-14H,2-3,8-9,12H2,1H3,(H2,35,36,37)/b7-4-. The monoisotopic (exact) mass is 630 g/mol. The normalized spacial score (nSPS) is 15.1. The largest absolute Gasteiger partial charge is 0.469 e. The van der Waals surface area contributed by atoms with Gasteiger partial charge in [0, 0.05) is 36.9 Å². The average molecular weight is 631 g/mol. The predicted molar refractivity (Wildman–Crippen MR) is 147 cm³/mol. The Labute approximate surface area is 251 Å². The molecule has 1 aliphatic rings. The summed E-state index contributed by atoms with van der Waals surface area (Å²) in [5.41, 5.74) is 6.24. The van der Waals surface area contributed by atoms with Crippen molar-refractivity contribution in [3.8, 4) is 22.8 Å². The first-order valence-electron chi connectivity index (χ1n) is 13.3. The molecule has 1 fully saturated rings. The Morgan fingerprint density at radius 1 is 1.02 bits per heavy atom. The number of carbonyl (C=O) groups is 3. The molecule has 4 aromatic rings. The molecular weight excluding hydrogens is 607 g/mol. The van der Waals surface area contributed by atoms with Crippen LogP contribution in [-0.2, 0) is 19.1 Å². The number of esters is 1. The Bertz CT molecular complexity index is 1840. The molecule has 5 rings (SSSR count). The molecule has 0 spiro atoms. The van der Waals surface area contributed by atoms with Gasteiger partial charge in [-0.05, 0) is 31.1 Å². The van der Waals surface area contributed by atoms with Crippen LogP contribution in [0.25, 0.3) is 22.3 Å². The van der Waals surface area contributed by atoms with Crippen LogP contribution >= 0.6 is 0 Å². The SMILES string of the molecule is COC(=O)CC(=O)/C=C\C(=O)N1CCCC(n2nc(-c3ccc(Oc4c(F)c(F)cc(F)c4F)cc3F)c3c(N)ncnc32)C1. The fourth-order valence-corrected chi connectivity index (χ4v) is 4.85. The summed E-state index contributed by atoms with van der Waals surface area (Å²) in [5.74, 6) is -11.7. The van der Waals surface area contributed by atoms with Gasteiger partial charge in [0.15, 0.2) is 23.1 Å².